The number of carbonyl (C=O) groups excluding carboxylic acids is 5. The first-order valence-corrected chi connectivity index (χ1v) is 19.5. The number of amides is 5. The van der Waals surface area contributed by atoms with Crippen LogP contribution in [0.25, 0.3) is 0 Å². The number of nitrogens with one attached hydrogen (secondary N) is 3. The summed E-state index contributed by atoms with van der Waals surface area (Å²) in [6, 6.07) is 12.1. The second kappa shape index (κ2) is 15.0. The number of piperidine rings is 2. The zero-order chi connectivity index (χ0) is 38.4. The standard InChI is InChI=1S/C38H39ClN10O5S/c1-21-4-3-5-27(39)33(21)45-35(52)29-20-40-38(55-29)43-30-19-31(42-22(2)41-30)48-16-14-47(15-17-48)23-10-12-46(13-11-23)24-6-7-25-26(18-24)37(54)49(36(25)53)28-8-9-32(50)44-34(28)51/h3-7,18-20,23,28H,8-17H2,1-2H3,(H,45,52)(H,44,50,51)(H,40,41,42,43). The maximum Gasteiger partial charge on any atom is 0.267 e. The number of hydrogen-bond donors (Lipinski definition) is 3. The lowest BCUT2D eigenvalue weighted by Crippen LogP contribution is -2.54. The van der Waals surface area contributed by atoms with E-state index in [9.17, 15) is 24.0 Å². The molecule has 0 aliphatic carbocycles. The van der Waals surface area contributed by atoms with E-state index < -0.39 is 29.7 Å². The van der Waals surface area contributed by atoms with Crippen molar-refractivity contribution in [1.82, 2.24) is 30.1 Å². The molecule has 4 aliphatic rings. The summed E-state index contributed by atoms with van der Waals surface area (Å²) in [5.41, 5.74) is 2.91. The van der Waals surface area contributed by atoms with Gasteiger partial charge in [0, 0.05) is 63.5 Å². The van der Waals surface area contributed by atoms with Crippen LogP contribution in [0, 0.1) is 13.8 Å². The van der Waals surface area contributed by atoms with Crippen molar-refractivity contribution in [3.63, 3.8) is 0 Å². The fraction of sp³-hybridized carbons (Fsp3) is 0.368. The number of aromatic nitrogens is 3. The lowest BCUT2D eigenvalue weighted by molar-refractivity contribution is -0.136. The van der Waals surface area contributed by atoms with Crippen molar-refractivity contribution >= 4 is 80.6 Å². The monoisotopic (exact) mass is 782 g/mol. The Balaban J connectivity index is 0.842. The quantitative estimate of drug-likeness (QED) is 0.216. The van der Waals surface area contributed by atoms with E-state index in [-0.39, 0.29) is 24.3 Å². The van der Waals surface area contributed by atoms with Gasteiger partial charge >= 0.3 is 0 Å². The Labute approximate surface area is 326 Å². The number of thiazole rings is 1. The molecule has 0 radical (unpaired) electrons. The van der Waals surface area contributed by atoms with Gasteiger partial charge in [0.05, 0.1) is 28.0 Å². The molecule has 6 heterocycles. The van der Waals surface area contributed by atoms with Gasteiger partial charge < -0.3 is 20.4 Å². The molecule has 2 aromatic carbocycles. The van der Waals surface area contributed by atoms with E-state index in [1.807, 2.05) is 38.1 Å². The molecule has 0 bridgehead atoms. The summed E-state index contributed by atoms with van der Waals surface area (Å²) in [6.07, 6.45) is 3.66. The third kappa shape index (κ3) is 7.36. The summed E-state index contributed by atoms with van der Waals surface area (Å²) in [7, 11) is 0. The van der Waals surface area contributed by atoms with Crippen LogP contribution in [0.2, 0.25) is 5.02 Å². The van der Waals surface area contributed by atoms with Crippen molar-refractivity contribution in [3.8, 4) is 0 Å². The minimum atomic E-state index is -0.980. The summed E-state index contributed by atoms with van der Waals surface area (Å²) in [5, 5.41) is 9.38. The average Bonchev–Trinajstić information content (AvgIpc) is 3.74. The predicted molar refractivity (Wildman–Crippen MR) is 208 cm³/mol. The summed E-state index contributed by atoms with van der Waals surface area (Å²) >= 11 is 7.52. The SMILES string of the molecule is Cc1nc(Nc2ncc(C(=O)Nc3c(C)cccc3Cl)s2)cc(N2CCN(C3CCN(c4ccc5c(c4)C(=O)N(C4CCC(=O)NC4=O)C5=O)CC3)CC2)n1. The molecule has 284 valence electrons. The first-order valence-electron chi connectivity index (χ1n) is 18.3. The molecular formula is C38H39ClN10O5S. The smallest absolute Gasteiger partial charge is 0.267 e. The molecule has 17 heteroatoms. The molecular weight excluding hydrogens is 744 g/mol. The van der Waals surface area contributed by atoms with Crippen LogP contribution in [-0.4, -0.2) is 106 Å². The molecule has 0 saturated carbocycles. The van der Waals surface area contributed by atoms with Crippen molar-refractivity contribution in [2.24, 2.45) is 0 Å². The van der Waals surface area contributed by atoms with E-state index >= 15 is 0 Å². The van der Waals surface area contributed by atoms with Gasteiger partial charge in [-0.25, -0.2) is 15.0 Å². The number of imide groups is 2. The third-order valence-corrected chi connectivity index (χ3v) is 11.9. The fourth-order valence-electron chi connectivity index (χ4n) is 7.75. The summed E-state index contributed by atoms with van der Waals surface area (Å²) in [5.74, 6) is -0.237. The number of carbonyl (C=O) groups is 5. The van der Waals surface area contributed by atoms with Crippen LogP contribution < -0.4 is 25.8 Å². The number of para-hydroxylation sites is 1. The van der Waals surface area contributed by atoms with Gasteiger partial charge in [-0.05, 0) is 62.9 Å². The third-order valence-electron chi connectivity index (χ3n) is 10.7. The van der Waals surface area contributed by atoms with E-state index in [1.165, 1.54) is 17.5 Å². The number of nitrogens with zero attached hydrogens (tertiary/aromatic N) is 7. The second-order valence-electron chi connectivity index (χ2n) is 14.1. The van der Waals surface area contributed by atoms with Crippen molar-refractivity contribution < 1.29 is 24.0 Å². The minimum absolute atomic E-state index is 0.0862. The fourth-order valence-corrected chi connectivity index (χ4v) is 8.74. The molecule has 2 aromatic heterocycles. The summed E-state index contributed by atoms with van der Waals surface area (Å²) in [6.45, 7) is 8.75. The number of fused-ring (bicyclic) bond motifs is 1. The maximum atomic E-state index is 13.3. The largest absolute Gasteiger partial charge is 0.371 e. The zero-order valence-electron chi connectivity index (χ0n) is 30.3. The summed E-state index contributed by atoms with van der Waals surface area (Å²) < 4.78 is 0. The van der Waals surface area contributed by atoms with E-state index in [1.54, 1.807) is 18.2 Å². The van der Waals surface area contributed by atoms with Crippen LogP contribution in [0.15, 0.2) is 48.7 Å². The van der Waals surface area contributed by atoms with Crippen LogP contribution in [0.1, 0.15) is 67.5 Å². The average molecular weight is 783 g/mol. The van der Waals surface area contributed by atoms with Gasteiger partial charge in [-0.15, -0.1) is 0 Å². The highest BCUT2D eigenvalue weighted by Gasteiger charge is 2.45. The number of benzene rings is 2. The van der Waals surface area contributed by atoms with E-state index in [4.69, 9.17) is 16.6 Å². The van der Waals surface area contributed by atoms with Gasteiger partial charge in [0.2, 0.25) is 11.8 Å². The molecule has 5 amide bonds. The Hall–Kier alpha value is -5.45. The Morgan fingerprint density at radius 3 is 2.40 bits per heavy atom. The second-order valence-corrected chi connectivity index (χ2v) is 15.6. The van der Waals surface area contributed by atoms with Gasteiger partial charge in [-0.3, -0.25) is 39.1 Å². The van der Waals surface area contributed by atoms with Crippen LogP contribution in [0.3, 0.4) is 0 Å². The highest BCUT2D eigenvalue weighted by molar-refractivity contribution is 7.17. The molecule has 0 spiro atoms. The van der Waals surface area contributed by atoms with Gasteiger partial charge in [0.1, 0.15) is 28.4 Å². The molecule has 8 rings (SSSR count). The number of aryl methyl sites for hydroxylation is 2. The van der Waals surface area contributed by atoms with Crippen molar-refractivity contribution in [3.05, 3.63) is 81.1 Å². The molecule has 1 atom stereocenters. The Morgan fingerprint density at radius 2 is 1.65 bits per heavy atom. The number of anilines is 5. The number of piperazine rings is 1. The topological polar surface area (TPSA) is 173 Å². The molecule has 3 saturated heterocycles. The molecule has 3 N–H and O–H groups in total. The first kappa shape index (κ1) is 36.5. The van der Waals surface area contributed by atoms with Crippen LogP contribution in [0.4, 0.5) is 28.1 Å². The van der Waals surface area contributed by atoms with Crippen molar-refractivity contribution in [2.75, 3.05) is 59.7 Å². The molecule has 4 aromatic rings. The molecule has 3 fully saturated rings. The Morgan fingerprint density at radius 1 is 0.891 bits per heavy atom. The minimum Gasteiger partial charge on any atom is -0.371 e. The van der Waals surface area contributed by atoms with Crippen LogP contribution >= 0.6 is 22.9 Å². The van der Waals surface area contributed by atoms with Gasteiger partial charge in [0.15, 0.2) is 5.13 Å². The van der Waals surface area contributed by atoms with Gasteiger partial charge in [-0.1, -0.05) is 35.1 Å². The number of halogens is 1. The highest BCUT2D eigenvalue weighted by atomic mass is 35.5. The van der Waals surface area contributed by atoms with E-state index in [0.29, 0.717) is 44.0 Å². The molecule has 1 unspecified atom stereocenters. The van der Waals surface area contributed by atoms with Crippen molar-refractivity contribution in [1.29, 1.82) is 0 Å². The lowest BCUT2D eigenvalue weighted by atomic mass is 10.0. The predicted octanol–water partition coefficient (Wildman–Crippen LogP) is 4.39. The lowest BCUT2D eigenvalue weighted by Gasteiger charge is -2.43. The van der Waals surface area contributed by atoms with Gasteiger partial charge in [0.25, 0.3) is 17.7 Å². The normalized spacial score (nSPS) is 19.5. The number of rotatable bonds is 8. The van der Waals surface area contributed by atoms with Gasteiger partial charge in [-0.2, -0.15) is 0 Å². The van der Waals surface area contributed by atoms with Crippen LogP contribution in [0.5, 0.6) is 0 Å². The Bertz CT molecular complexity index is 2190. The van der Waals surface area contributed by atoms with E-state index in [0.717, 1.165) is 74.1 Å². The first-order chi connectivity index (χ1) is 26.5. The highest BCUT2D eigenvalue weighted by Crippen LogP contribution is 2.33. The molecule has 55 heavy (non-hydrogen) atoms. The summed E-state index contributed by atoms with van der Waals surface area (Å²) in [4.78, 5) is 85.7. The van der Waals surface area contributed by atoms with Crippen LogP contribution in [-0.2, 0) is 9.59 Å². The maximum absolute atomic E-state index is 13.3. The Kier molecular flexibility index (Phi) is 9.96. The molecule has 15 nitrogen and oxygen atoms in total. The molecule has 4 aliphatic heterocycles. The van der Waals surface area contributed by atoms with E-state index in [2.05, 4.69) is 40.6 Å². The number of hydrogen-bond acceptors (Lipinski definition) is 13. The van der Waals surface area contributed by atoms with Crippen molar-refractivity contribution in [2.45, 2.75) is 51.6 Å². The zero-order valence-corrected chi connectivity index (χ0v) is 31.9.